The van der Waals surface area contributed by atoms with Crippen molar-refractivity contribution in [2.45, 2.75) is 30.6 Å². The number of hydrogen-bond donors (Lipinski definition) is 0. The van der Waals surface area contributed by atoms with Crippen LogP contribution in [0.1, 0.15) is 30.0 Å². The summed E-state index contributed by atoms with van der Waals surface area (Å²) in [5.74, 6) is 0.748. The number of aromatic nitrogens is 2. The number of piperidine rings is 1. The first-order valence-electron chi connectivity index (χ1n) is 8.06. The second-order valence-corrected chi connectivity index (χ2v) is 8.12. The summed E-state index contributed by atoms with van der Waals surface area (Å²) < 4.78 is 34.7. The zero-order valence-corrected chi connectivity index (χ0v) is 15.1. The normalized spacial score (nSPS) is 17.1. The van der Waals surface area contributed by atoms with E-state index in [0.717, 1.165) is 18.4 Å². The van der Waals surface area contributed by atoms with Crippen LogP contribution in [0.5, 0.6) is 5.75 Å². The van der Waals surface area contributed by atoms with Gasteiger partial charge in [-0.3, -0.25) is 4.68 Å². The van der Waals surface area contributed by atoms with Crippen molar-refractivity contribution in [2.24, 2.45) is 7.05 Å². The molecule has 0 amide bonds. The Balaban J connectivity index is 1.81. The first-order chi connectivity index (χ1) is 11.4. The molecule has 1 aromatic heterocycles. The van der Waals surface area contributed by atoms with Crippen molar-refractivity contribution >= 4 is 10.0 Å². The highest BCUT2D eigenvalue weighted by Gasteiger charge is 2.32. The number of nitrogens with zero attached hydrogens (tertiary/aromatic N) is 3. The molecule has 0 unspecified atom stereocenters. The molecule has 0 saturated carbocycles. The maximum absolute atomic E-state index is 13.0. The Bertz CT molecular complexity index is 821. The van der Waals surface area contributed by atoms with Crippen LogP contribution in [0.2, 0.25) is 0 Å². The molecule has 1 aliphatic rings. The minimum atomic E-state index is -3.54. The van der Waals surface area contributed by atoms with E-state index < -0.39 is 10.0 Å². The molecule has 1 fully saturated rings. The molecule has 6 nitrogen and oxygen atoms in total. The maximum Gasteiger partial charge on any atom is 0.246 e. The monoisotopic (exact) mass is 349 g/mol. The van der Waals surface area contributed by atoms with E-state index in [9.17, 15) is 8.42 Å². The largest absolute Gasteiger partial charge is 0.495 e. The zero-order chi connectivity index (χ0) is 17.3. The molecule has 24 heavy (non-hydrogen) atoms. The average Bonchev–Trinajstić information content (AvgIpc) is 3.01. The van der Waals surface area contributed by atoms with Gasteiger partial charge < -0.3 is 4.74 Å². The third kappa shape index (κ3) is 3.06. The summed E-state index contributed by atoms with van der Waals surface area (Å²) in [7, 11) is -0.119. The zero-order valence-electron chi connectivity index (χ0n) is 14.3. The molecule has 0 radical (unpaired) electrons. The lowest BCUT2D eigenvalue weighted by Crippen LogP contribution is -2.38. The Kier molecular flexibility index (Phi) is 4.64. The Hall–Kier alpha value is -1.86. The molecule has 7 heteroatoms. The second kappa shape index (κ2) is 6.57. The van der Waals surface area contributed by atoms with Gasteiger partial charge in [0.1, 0.15) is 10.6 Å². The van der Waals surface area contributed by atoms with Crippen molar-refractivity contribution in [1.82, 2.24) is 14.1 Å². The van der Waals surface area contributed by atoms with E-state index in [1.807, 2.05) is 30.8 Å². The van der Waals surface area contributed by atoms with Crippen LogP contribution < -0.4 is 4.74 Å². The van der Waals surface area contributed by atoms with E-state index in [-0.39, 0.29) is 4.90 Å². The van der Waals surface area contributed by atoms with Crippen LogP contribution >= 0.6 is 0 Å². The molecule has 1 saturated heterocycles. The van der Waals surface area contributed by atoms with Crippen LogP contribution in [0.25, 0.3) is 0 Å². The Morgan fingerprint density at radius 3 is 2.50 bits per heavy atom. The fraction of sp³-hybridized carbons (Fsp3) is 0.471. The molecule has 1 aliphatic heterocycles. The van der Waals surface area contributed by atoms with Gasteiger partial charge in [0.15, 0.2) is 0 Å². The van der Waals surface area contributed by atoms with Crippen LogP contribution in [0, 0.1) is 6.92 Å². The van der Waals surface area contributed by atoms with Crippen LogP contribution in [-0.2, 0) is 17.1 Å². The number of hydrogen-bond acceptors (Lipinski definition) is 4. The molecule has 0 bridgehead atoms. The van der Waals surface area contributed by atoms with Crippen molar-refractivity contribution in [3.05, 3.63) is 41.7 Å². The second-order valence-electron chi connectivity index (χ2n) is 6.21. The predicted molar refractivity (Wildman–Crippen MR) is 91.7 cm³/mol. The number of aryl methyl sites for hydroxylation is 2. The van der Waals surface area contributed by atoms with Gasteiger partial charge in [0.05, 0.1) is 7.11 Å². The van der Waals surface area contributed by atoms with Crippen molar-refractivity contribution in [1.29, 1.82) is 0 Å². The topological polar surface area (TPSA) is 64.4 Å². The summed E-state index contributed by atoms with van der Waals surface area (Å²) in [6.07, 6.45) is 3.38. The van der Waals surface area contributed by atoms with Gasteiger partial charge in [0.2, 0.25) is 10.0 Å². The predicted octanol–water partition coefficient (Wildman–Crippen LogP) is 2.31. The quantitative estimate of drug-likeness (QED) is 0.850. The molecule has 2 aromatic rings. The molecule has 0 spiro atoms. The van der Waals surface area contributed by atoms with Crippen molar-refractivity contribution in [2.75, 3.05) is 20.2 Å². The van der Waals surface area contributed by atoms with E-state index in [1.165, 1.54) is 12.8 Å². The molecular weight excluding hydrogens is 326 g/mol. The summed E-state index contributed by atoms with van der Waals surface area (Å²) in [6, 6.07) is 7.26. The van der Waals surface area contributed by atoms with Crippen LogP contribution in [0.3, 0.4) is 0 Å². The molecule has 0 N–H and O–H groups in total. The van der Waals surface area contributed by atoms with Gasteiger partial charge in [-0.15, -0.1) is 0 Å². The number of ether oxygens (including phenoxy) is 1. The standard InChI is InChI=1S/C17H23N3O3S/c1-13-4-5-16(23-3)17(12-13)24(21,22)20-10-7-14(8-11-20)15-6-9-18-19(15)2/h4-6,9,12,14H,7-8,10-11H2,1-3H3. The van der Waals surface area contributed by atoms with Crippen LogP contribution in [0.4, 0.5) is 0 Å². The SMILES string of the molecule is COc1ccc(C)cc1S(=O)(=O)N1CCC(c2ccnn2C)CC1. The summed E-state index contributed by atoms with van der Waals surface area (Å²) in [5, 5.41) is 4.21. The van der Waals surface area contributed by atoms with E-state index in [4.69, 9.17) is 4.74 Å². The van der Waals surface area contributed by atoms with Crippen LogP contribution in [0.15, 0.2) is 35.4 Å². The van der Waals surface area contributed by atoms with Gasteiger partial charge in [0.25, 0.3) is 0 Å². The molecule has 130 valence electrons. The Morgan fingerprint density at radius 1 is 1.21 bits per heavy atom. The van der Waals surface area contributed by atoms with Crippen molar-refractivity contribution in [3.63, 3.8) is 0 Å². The van der Waals surface area contributed by atoms with Gasteiger partial charge in [-0.1, -0.05) is 6.07 Å². The number of sulfonamides is 1. The van der Waals surface area contributed by atoms with Gasteiger partial charge >= 0.3 is 0 Å². The van der Waals surface area contributed by atoms with E-state index in [1.54, 1.807) is 22.6 Å². The first-order valence-corrected chi connectivity index (χ1v) is 9.50. The molecule has 3 rings (SSSR count). The molecular formula is C17H23N3O3S. The number of benzene rings is 1. The average molecular weight is 349 g/mol. The Morgan fingerprint density at radius 2 is 1.92 bits per heavy atom. The van der Waals surface area contributed by atoms with Gasteiger partial charge in [-0.25, -0.2) is 8.42 Å². The minimum absolute atomic E-state index is 0.254. The van der Waals surface area contributed by atoms with Gasteiger partial charge in [-0.05, 0) is 43.5 Å². The molecule has 2 heterocycles. The van der Waals surface area contributed by atoms with Crippen molar-refractivity contribution < 1.29 is 13.2 Å². The van der Waals surface area contributed by atoms with Gasteiger partial charge in [-0.2, -0.15) is 9.40 Å². The summed E-state index contributed by atoms with van der Waals surface area (Å²) in [4.78, 5) is 0.254. The lowest BCUT2D eigenvalue weighted by Gasteiger charge is -2.31. The summed E-state index contributed by atoms with van der Waals surface area (Å²) in [5.41, 5.74) is 2.07. The number of methoxy groups -OCH3 is 1. The van der Waals surface area contributed by atoms with E-state index in [0.29, 0.717) is 24.8 Å². The molecule has 1 aromatic carbocycles. The molecule has 0 aliphatic carbocycles. The highest BCUT2D eigenvalue weighted by Crippen LogP contribution is 2.33. The summed E-state index contributed by atoms with van der Waals surface area (Å²) >= 11 is 0. The smallest absolute Gasteiger partial charge is 0.246 e. The lowest BCUT2D eigenvalue weighted by molar-refractivity contribution is 0.311. The van der Waals surface area contributed by atoms with E-state index >= 15 is 0 Å². The fourth-order valence-electron chi connectivity index (χ4n) is 3.30. The third-order valence-corrected chi connectivity index (χ3v) is 6.59. The van der Waals surface area contributed by atoms with Crippen LogP contribution in [-0.4, -0.2) is 42.7 Å². The summed E-state index contributed by atoms with van der Waals surface area (Å²) in [6.45, 7) is 2.90. The third-order valence-electron chi connectivity index (χ3n) is 4.67. The molecule has 0 atom stereocenters. The fourth-order valence-corrected chi connectivity index (χ4v) is 5.01. The number of rotatable bonds is 4. The van der Waals surface area contributed by atoms with E-state index in [2.05, 4.69) is 5.10 Å². The Labute approximate surface area is 143 Å². The highest BCUT2D eigenvalue weighted by molar-refractivity contribution is 7.89. The lowest BCUT2D eigenvalue weighted by atomic mass is 9.95. The minimum Gasteiger partial charge on any atom is -0.495 e. The van der Waals surface area contributed by atoms with Gasteiger partial charge in [0, 0.05) is 37.9 Å². The highest BCUT2D eigenvalue weighted by atomic mass is 32.2. The first kappa shape index (κ1) is 17.0. The van der Waals surface area contributed by atoms with Crippen molar-refractivity contribution in [3.8, 4) is 5.75 Å². The maximum atomic E-state index is 13.0.